The molecule has 1 atom stereocenters. The Balaban J connectivity index is 2.04. The second-order valence-corrected chi connectivity index (χ2v) is 5.76. The highest BCUT2D eigenvalue weighted by atomic mass is 16.5. The SMILES string of the molecule is COc1c(C)cc(C)cc1CN(C)CC1CCCN1. The second-order valence-electron chi connectivity index (χ2n) is 5.76. The number of rotatable bonds is 5. The van der Waals surface area contributed by atoms with Gasteiger partial charge in [-0.05, 0) is 45.8 Å². The summed E-state index contributed by atoms with van der Waals surface area (Å²) in [7, 11) is 3.96. The normalized spacial score (nSPS) is 19.1. The average molecular weight is 262 g/mol. The summed E-state index contributed by atoms with van der Waals surface area (Å²) in [4.78, 5) is 2.39. The predicted molar refractivity (Wildman–Crippen MR) is 79.8 cm³/mol. The third-order valence-corrected chi connectivity index (χ3v) is 3.83. The zero-order chi connectivity index (χ0) is 13.8. The van der Waals surface area contributed by atoms with Crippen molar-refractivity contribution in [3.05, 3.63) is 28.8 Å². The maximum absolute atomic E-state index is 5.56. The molecule has 3 nitrogen and oxygen atoms in total. The molecule has 0 radical (unpaired) electrons. The van der Waals surface area contributed by atoms with Crippen molar-refractivity contribution in [1.29, 1.82) is 0 Å². The molecule has 1 heterocycles. The highest BCUT2D eigenvalue weighted by molar-refractivity contribution is 5.43. The van der Waals surface area contributed by atoms with Gasteiger partial charge < -0.3 is 15.0 Å². The van der Waals surface area contributed by atoms with E-state index >= 15 is 0 Å². The van der Waals surface area contributed by atoms with Gasteiger partial charge in [0, 0.05) is 24.7 Å². The maximum atomic E-state index is 5.56. The molecule has 0 saturated carbocycles. The Morgan fingerprint density at radius 1 is 1.37 bits per heavy atom. The van der Waals surface area contributed by atoms with E-state index in [0.717, 1.165) is 18.8 Å². The van der Waals surface area contributed by atoms with Gasteiger partial charge in [-0.25, -0.2) is 0 Å². The van der Waals surface area contributed by atoms with Crippen LogP contribution in [-0.4, -0.2) is 38.2 Å². The quantitative estimate of drug-likeness (QED) is 0.882. The van der Waals surface area contributed by atoms with Crippen LogP contribution in [0.25, 0.3) is 0 Å². The Labute approximate surface area is 116 Å². The predicted octanol–water partition coefficient (Wildman–Crippen LogP) is 2.50. The van der Waals surface area contributed by atoms with Crippen LogP contribution in [0.4, 0.5) is 0 Å². The van der Waals surface area contributed by atoms with Gasteiger partial charge in [0.15, 0.2) is 0 Å². The number of likely N-dealkylation sites (N-methyl/N-ethyl adjacent to an activating group) is 1. The van der Waals surface area contributed by atoms with E-state index in [-0.39, 0.29) is 0 Å². The molecule has 19 heavy (non-hydrogen) atoms. The van der Waals surface area contributed by atoms with E-state index in [1.54, 1.807) is 7.11 Å². The van der Waals surface area contributed by atoms with Crippen LogP contribution >= 0.6 is 0 Å². The van der Waals surface area contributed by atoms with Gasteiger partial charge in [0.2, 0.25) is 0 Å². The molecule has 1 fully saturated rings. The Morgan fingerprint density at radius 3 is 2.79 bits per heavy atom. The fraction of sp³-hybridized carbons (Fsp3) is 0.625. The molecule has 1 saturated heterocycles. The van der Waals surface area contributed by atoms with Crippen LogP contribution in [-0.2, 0) is 6.54 Å². The molecule has 106 valence electrons. The number of ether oxygens (including phenoxy) is 1. The van der Waals surface area contributed by atoms with Gasteiger partial charge >= 0.3 is 0 Å². The van der Waals surface area contributed by atoms with Gasteiger partial charge in [-0.3, -0.25) is 0 Å². The Kier molecular flexibility index (Phi) is 4.83. The van der Waals surface area contributed by atoms with Crippen LogP contribution in [0.3, 0.4) is 0 Å². The van der Waals surface area contributed by atoms with Crippen molar-refractivity contribution in [3.63, 3.8) is 0 Å². The Hall–Kier alpha value is -1.06. The lowest BCUT2D eigenvalue weighted by Gasteiger charge is -2.23. The summed E-state index contributed by atoms with van der Waals surface area (Å²) in [6.07, 6.45) is 2.61. The zero-order valence-electron chi connectivity index (χ0n) is 12.6. The summed E-state index contributed by atoms with van der Waals surface area (Å²) in [6.45, 7) is 7.49. The first-order valence-electron chi connectivity index (χ1n) is 7.16. The van der Waals surface area contributed by atoms with Gasteiger partial charge in [0.05, 0.1) is 7.11 Å². The highest BCUT2D eigenvalue weighted by Crippen LogP contribution is 2.26. The Bertz CT molecular complexity index is 425. The molecule has 1 aromatic rings. The van der Waals surface area contributed by atoms with Crippen molar-refractivity contribution in [3.8, 4) is 5.75 Å². The third kappa shape index (κ3) is 3.71. The summed E-state index contributed by atoms with van der Waals surface area (Å²) in [6, 6.07) is 5.08. The summed E-state index contributed by atoms with van der Waals surface area (Å²) in [5, 5.41) is 3.55. The van der Waals surface area contributed by atoms with Crippen molar-refractivity contribution in [1.82, 2.24) is 10.2 Å². The molecule has 1 unspecified atom stereocenters. The van der Waals surface area contributed by atoms with Crippen molar-refractivity contribution in [2.75, 3.05) is 27.2 Å². The first kappa shape index (κ1) is 14.4. The smallest absolute Gasteiger partial charge is 0.126 e. The van der Waals surface area contributed by atoms with Crippen molar-refractivity contribution in [2.45, 2.75) is 39.3 Å². The minimum absolute atomic E-state index is 0.655. The van der Waals surface area contributed by atoms with Gasteiger partial charge in [0.25, 0.3) is 0 Å². The molecular weight excluding hydrogens is 236 g/mol. The number of hydrogen-bond donors (Lipinski definition) is 1. The van der Waals surface area contributed by atoms with E-state index in [2.05, 4.69) is 43.2 Å². The summed E-state index contributed by atoms with van der Waals surface area (Å²) < 4.78 is 5.56. The Morgan fingerprint density at radius 2 is 2.16 bits per heavy atom. The highest BCUT2D eigenvalue weighted by Gasteiger charge is 2.17. The molecule has 1 N–H and O–H groups in total. The molecule has 1 aliphatic rings. The van der Waals surface area contributed by atoms with Crippen LogP contribution in [0.5, 0.6) is 5.75 Å². The van der Waals surface area contributed by atoms with Gasteiger partial charge in [-0.1, -0.05) is 17.7 Å². The second kappa shape index (κ2) is 6.40. The van der Waals surface area contributed by atoms with E-state index < -0.39 is 0 Å². The lowest BCUT2D eigenvalue weighted by molar-refractivity contribution is 0.287. The summed E-state index contributed by atoms with van der Waals surface area (Å²) in [5.74, 6) is 1.04. The van der Waals surface area contributed by atoms with Crippen LogP contribution in [0.2, 0.25) is 0 Å². The first-order chi connectivity index (χ1) is 9.10. The maximum Gasteiger partial charge on any atom is 0.126 e. The van der Waals surface area contributed by atoms with Crippen molar-refractivity contribution in [2.24, 2.45) is 0 Å². The van der Waals surface area contributed by atoms with Gasteiger partial charge in [-0.2, -0.15) is 0 Å². The van der Waals surface area contributed by atoms with E-state index in [0.29, 0.717) is 6.04 Å². The number of aryl methyl sites for hydroxylation is 2. The monoisotopic (exact) mass is 262 g/mol. The number of methoxy groups -OCH3 is 1. The molecule has 0 spiro atoms. The number of nitrogens with one attached hydrogen (secondary N) is 1. The van der Waals surface area contributed by atoms with Crippen molar-refractivity contribution < 1.29 is 4.74 Å². The van der Waals surface area contributed by atoms with Crippen LogP contribution in [0.15, 0.2) is 12.1 Å². The first-order valence-corrected chi connectivity index (χ1v) is 7.16. The number of nitrogens with zero attached hydrogens (tertiary/aromatic N) is 1. The molecule has 0 aliphatic carbocycles. The summed E-state index contributed by atoms with van der Waals surface area (Å²) in [5.41, 5.74) is 3.83. The fourth-order valence-corrected chi connectivity index (χ4v) is 3.10. The lowest BCUT2D eigenvalue weighted by Crippen LogP contribution is -2.35. The third-order valence-electron chi connectivity index (χ3n) is 3.83. The van der Waals surface area contributed by atoms with Gasteiger partial charge in [0.1, 0.15) is 5.75 Å². The van der Waals surface area contributed by atoms with Crippen LogP contribution in [0.1, 0.15) is 29.5 Å². The molecule has 3 heteroatoms. The zero-order valence-corrected chi connectivity index (χ0v) is 12.6. The number of benzene rings is 1. The minimum Gasteiger partial charge on any atom is -0.496 e. The van der Waals surface area contributed by atoms with E-state index in [4.69, 9.17) is 4.74 Å². The molecular formula is C16H26N2O. The van der Waals surface area contributed by atoms with Gasteiger partial charge in [-0.15, -0.1) is 0 Å². The average Bonchev–Trinajstić information content (AvgIpc) is 2.81. The number of hydrogen-bond acceptors (Lipinski definition) is 3. The molecule has 1 aliphatic heterocycles. The topological polar surface area (TPSA) is 24.5 Å². The van der Waals surface area contributed by atoms with Crippen LogP contribution < -0.4 is 10.1 Å². The minimum atomic E-state index is 0.655. The van der Waals surface area contributed by atoms with E-state index in [1.807, 2.05) is 0 Å². The molecule has 0 bridgehead atoms. The van der Waals surface area contributed by atoms with Crippen LogP contribution in [0, 0.1) is 13.8 Å². The molecule has 1 aromatic carbocycles. The molecule has 0 aromatic heterocycles. The van der Waals surface area contributed by atoms with E-state index in [9.17, 15) is 0 Å². The summed E-state index contributed by atoms with van der Waals surface area (Å²) >= 11 is 0. The standard InChI is InChI=1S/C16H26N2O/c1-12-8-13(2)16(19-4)14(9-12)10-18(3)11-15-6-5-7-17-15/h8-9,15,17H,5-7,10-11H2,1-4H3. The molecule has 2 rings (SSSR count). The lowest BCUT2D eigenvalue weighted by atomic mass is 10.0. The molecule has 0 amide bonds. The van der Waals surface area contributed by atoms with E-state index in [1.165, 1.54) is 36.1 Å². The fourth-order valence-electron chi connectivity index (χ4n) is 3.10. The van der Waals surface area contributed by atoms with Crippen molar-refractivity contribution >= 4 is 0 Å². The largest absolute Gasteiger partial charge is 0.496 e.